The van der Waals surface area contributed by atoms with Gasteiger partial charge in [-0.05, 0) is 99.9 Å². The molecule has 1 aliphatic carbocycles. The highest BCUT2D eigenvalue weighted by Crippen LogP contribution is 2.28. The van der Waals surface area contributed by atoms with Crippen molar-refractivity contribution in [3.63, 3.8) is 0 Å². The maximum absolute atomic E-state index is 13.2. The summed E-state index contributed by atoms with van der Waals surface area (Å²) in [6.45, 7) is 5.84. The monoisotopic (exact) mass is 497 g/mol. The third-order valence-corrected chi connectivity index (χ3v) is 9.13. The molecule has 0 unspecified atom stereocenters. The number of aryl methyl sites for hydroxylation is 2. The van der Waals surface area contributed by atoms with Crippen LogP contribution >= 0.6 is 0 Å². The molecular formula is C27H35N3O4S. The highest BCUT2D eigenvalue weighted by atomic mass is 32.2. The Labute approximate surface area is 208 Å². The summed E-state index contributed by atoms with van der Waals surface area (Å²) in [4.78, 5) is 27.4. The number of anilines is 1. The van der Waals surface area contributed by atoms with Gasteiger partial charge in [-0.1, -0.05) is 6.07 Å². The van der Waals surface area contributed by atoms with Gasteiger partial charge in [-0.15, -0.1) is 0 Å². The second-order valence-electron chi connectivity index (χ2n) is 9.36. The Balaban J connectivity index is 1.34. The van der Waals surface area contributed by atoms with Crippen LogP contribution in [-0.2, 0) is 27.7 Å². The van der Waals surface area contributed by atoms with Gasteiger partial charge in [0.2, 0.25) is 15.9 Å². The van der Waals surface area contributed by atoms with Crippen LogP contribution in [0, 0.1) is 5.92 Å². The van der Waals surface area contributed by atoms with Crippen molar-refractivity contribution in [3.8, 4) is 0 Å². The van der Waals surface area contributed by atoms with Gasteiger partial charge in [0.25, 0.3) is 5.91 Å². The summed E-state index contributed by atoms with van der Waals surface area (Å²) >= 11 is 0. The second-order valence-corrected chi connectivity index (χ2v) is 11.3. The summed E-state index contributed by atoms with van der Waals surface area (Å²) < 4.78 is 27.9. The Morgan fingerprint density at radius 1 is 0.943 bits per heavy atom. The molecule has 2 aromatic rings. The first-order valence-corrected chi connectivity index (χ1v) is 14.1. The maximum Gasteiger partial charge on any atom is 0.253 e. The van der Waals surface area contributed by atoms with E-state index in [0.29, 0.717) is 55.2 Å². The van der Waals surface area contributed by atoms with Crippen molar-refractivity contribution in [2.75, 3.05) is 31.5 Å². The zero-order valence-electron chi connectivity index (χ0n) is 20.6. The molecule has 188 valence electrons. The van der Waals surface area contributed by atoms with E-state index in [1.807, 2.05) is 26.0 Å². The molecule has 0 atom stereocenters. The van der Waals surface area contributed by atoms with Crippen molar-refractivity contribution < 1.29 is 18.0 Å². The Kier molecular flexibility index (Phi) is 7.91. The number of rotatable bonds is 7. The van der Waals surface area contributed by atoms with Crippen molar-refractivity contribution in [1.29, 1.82) is 0 Å². The fraction of sp³-hybridized carbons (Fsp3) is 0.481. The third kappa shape index (κ3) is 5.59. The second kappa shape index (κ2) is 10.9. The van der Waals surface area contributed by atoms with Gasteiger partial charge in [0, 0.05) is 43.3 Å². The topological polar surface area (TPSA) is 86.8 Å². The van der Waals surface area contributed by atoms with E-state index in [9.17, 15) is 18.0 Å². The lowest BCUT2D eigenvalue weighted by atomic mass is 9.92. The minimum absolute atomic E-state index is 0.0274. The van der Waals surface area contributed by atoms with E-state index in [1.165, 1.54) is 9.87 Å². The Morgan fingerprint density at radius 2 is 1.57 bits per heavy atom. The molecule has 0 radical (unpaired) electrons. The standard InChI is InChI=1S/C27H35N3O4S/c1-3-29(4-2)27(32)22-9-12-24(13-10-22)28-26(31)21-15-17-30(18-16-21)35(33,34)25-14-11-20-7-5-6-8-23(20)19-25/h9-14,19,21H,3-8,15-18H2,1-2H3,(H,28,31). The summed E-state index contributed by atoms with van der Waals surface area (Å²) in [5, 5.41) is 2.92. The molecule has 4 rings (SSSR count). The molecule has 2 aliphatic rings. The number of carbonyl (C=O) groups is 2. The number of benzene rings is 2. The molecular weight excluding hydrogens is 462 g/mol. The number of piperidine rings is 1. The minimum Gasteiger partial charge on any atom is -0.339 e. The molecule has 2 aromatic carbocycles. The molecule has 0 bridgehead atoms. The van der Waals surface area contributed by atoms with Gasteiger partial charge in [-0.3, -0.25) is 9.59 Å². The van der Waals surface area contributed by atoms with E-state index >= 15 is 0 Å². The molecule has 8 heteroatoms. The van der Waals surface area contributed by atoms with Crippen molar-refractivity contribution in [2.24, 2.45) is 5.92 Å². The van der Waals surface area contributed by atoms with Crippen LogP contribution in [0.5, 0.6) is 0 Å². The number of fused-ring (bicyclic) bond motifs is 1. The largest absolute Gasteiger partial charge is 0.339 e. The summed E-state index contributed by atoms with van der Waals surface area (Å²) in [7, 11) is -3.56. The summed E-state index contributed by atoms with van der Waals surface area (Å²) in [5.41, 5.74) is 3.63. The molecule has 1 aliphatic heterocycles. The SMILES string of the molecule is CCN(CC)C(=O)c1ccc(NC(=O)C2CCN(S(=O)(=O)c3ccc4c(c3)CCCC4)CC2)cc1. The number of nitrogens with zero attached hydrogens (tertiary/aromatic N) is 2. The maximum atomic E-state index is 13.2. The van der Waals surface area contributed by atoms with Gasteiger partial charge in [0.15, 0.2) is 0 Å². The average Bonchev–Trinajstić information content (AvgIpc) is 2.89. The summed E-state index contributed by atoms with van der Waals surface area (Å²) in [5.74, 6) is -0.388. The lowest BCUT2D eigenvalue weighted by Crippen LogP contribution is -2.41. The van der Waals surface area contributed by atoms with E-state index in [4.69, 9.17) is 0 Å². The van der Waals surface area contributed by atoms with E-state index in [2.05, 4.69) is 5.32 Å². The van der Waals surface area contributed by atoms with Gasteiger partial charge in [-0.2, -0.15) is 4.31 Å². The Hall–Kier alpha value is -2.71. The van der Waals surface area contributed by atoms with Crippen LogP contribution in [0.1, 0.15) is 61.0 Å². The van der Waals surface area contributed by atoms with E-state index in [0.717, 1.165) is 31.2 Å². The molecule has 1 saturated heterocycles. The lowest BCUT2D eigenvalue weighted by Gasteiger charge is -2.31. The van der Waals surface area contributed by atoms with Crippen LogP contribution in [0.2, 0.25) is 0 Å². The molecule has 0 spiro atoms. The zero-order valence-corrected chi connectivity index (χ0v) is 21.4. The Morgan fingerprint density at radius 3 is 2.20 bits per heavy atom. The quantitative estimate of drug-likeness (QED) is 0.624. The minimum atomic E-state index is -3.56. The molecule has 1 N–H and O–H groups in total. The van der Waals surface area contributed by atoms with Crippen LogP contribution in [-0.4, -0.2) is 55.6 Å². The third-order valence-electron chi connectivity index (χ3n) is 7.23. The molecule has 0 saturated carbocycles. The molecule has 7 nitrogen and oxygen atoms in total. The van der Waals surface area contributed by atoms with E-state index in [-0.39, 0.29) is 17.7 Å². The van der Waals surface area contributed by atoms with Gasteiger partial charge >= 0.3 is 0 Å². The Bertz CT molecular complexity index is 1170. The zero-order chi connectivity index (χ0) is 25.0. The lowest BCUT2D eigenvalue weighted by molar-refractivity contribution is -0.120. The number of nitrogens with one attached hydrogen (secondary N) is 1. The van der Waals surface area contributed by atoms with Crippen molar-refractivity contribution in [1.82, 2.24) is 9.21 Å². The van der Waals surface area contributed by atoms with E-state index < -0.39 is 10.0 Å². The van der Waals surface area contributed by atoms with Crippen LogP contribution in [0.4, 0.5) is 5.69 Å². The molecule has 2 amide bonds. The molecule has 1 heterocycles. The molecule has 0 aromatic heterocycles. The van der Waals surface area contributed by atoms with Crippen molar-refractivity contribution in [3.05, 3.63) is 59.2 Å². The summed E-state index contributed by atoms with van der Waals surface area (Å²) in [6.07, 6.45) is 5.18. The van der Waals surface area contributed by atoms with Gasteiger partial charge in [-0.25, -0.2) is 8.42 Å². The first-order valence-electron chi connectivity index (χ1n) is 12.7. The fourth-order valence-electron chi connectivity index (χ4n) is 5.01. The fourth-order valence-corrected chi connectivity index (χ4v) is 6.53. The number of carbonyl (C=O) groups excluding carboxylic acids is 2. The average molecular weight is 498 g/mol. The summed E-state index contributed by atoms with van der Waals surface area (Å²) in [6, 6.07) is 12.5. The highest BCUT2D eigenvalue weighted by Gasteiger charge is 2.32. The van der Waals surface area contributed by atoms with Gasteiger partial charge in [0.1, 0.15) is 0 Å². The van der Waals surface area contributed by atoms with Gasteiger partial charge in [0.05, 0.1) is 4.90 Å². The predicted molar refractivity (Wildman–Crippen MR) is 137 cm³/mol. The molecule has 35 heavy (non-hydrogen) atoms. The van der Waals surface area contributed by atoms with Crippen LogP contribution in [0.15, 0.2) is 47.4 Å². The van der Waals surface area contributed by atoms with Crippen LogP contribution in [0.3, 0.4) is 0 Å². The molecule has 1 fully saturated rings. The number of amides is 2. The number of sulfonamides is 1. The highest BCUT2D eigenvalue weighted by molar-refractivity contribution is 7.89. The van der Waals surface area contributed by atoms with Gasteiger partial charge < -0.3 is 10.2 Å². The number of hydrogen-bond acceptors (Lipinski definition) is 4. The van der Waals surface area contributed by atoms with Crippen LogP contribution in [0.25, 0.3) is 0 Å². The predicted octanol–water partition coefficient (Wildman–Crippen LogP) is 4.09. The van der Waals surface area contributed by atoms with Crippen LogP contribution < -0.4 is 5.32 Å². The normalized spacial score (nSPS) is 17.0. The number of hydrogen-bond donors (Lipinski definition) is 1. The smallest absolute Gasteiger partial charge is 0.253 e. The first kappa shape index (κ1) is 25.4. The van der Waals surface area contributed by atoms with Crippen molar-refractivity contribution in [2.45, 2.75) is 57.3 Å². The first-order chi connectivity index (χ1) is 16.8. The van der Waals surface area contributed by atoms with E-state index in [1.54, 1.807) is 35.2 Å². The van der Waals surface area contributed by atoms with Crippen molar-refractivity contribution >= 4 is 27.5 Å².